The van der Waals surface area contributed by atoms with Crippen LogP contribution in [0.25, 0.3) is 10.9 Å². The maximum atomic E-state index is 12.8. The Morgan fingerprint density at radius 2 is 1.87 bits per heavy atom. The lowest BCUT2D eigenvalue weighted by molar-refractivity contribution is 0.627. The molecule has 2 aromatic carbocycles. The maximum Gasteiger partial charge on any atom is 0.137 e. The highest BCUT2D eigenvalue weighted by molar-refractivity contribution is 5.88. The Balaban J connectivity index is 1.67. The van der Waals surface area contributed by atoms with Gasteiger partial charge in [-0.15, -0.1) is 0 Å². The minimum absolute atomic E-state index is 0.140. The lowest BCUT2D eigenvalue weighted by Crippen LogP contribution is -2.15. The number of nitrogens with one attached hydrogen (secondary N) is 1. The van der Waals surface area contributed by atoms with E-state index in [9.17, 15) is 4.39 Å². The molecule has 1 heterocycles. The monoisotopic (exact) mass is 305 g/mol. The Labute approximate surface area is 134 Å². The Hall–Kier alpha value is -2.93. The summed E-state index contributed by atoms with van der Waals surface area (Å²) in [7, 11) is 0. The highest BCUT2D eigenvalue weighted by Gasteiger charge is 2.05. The van der Waals surface area contributed by atoms with Crippen LogP contribution in [0.5, 0.6) is 0 Å². The second-order valence-electron chi connectivity index (χ2n) is 5.30. The molecule has 114 valence electrons. The zero-order chi connectivity index (χ0) is 16.1. The van der Waals surface area contributed by atoms with Crippen molar-refractivity contribution in [1.82, 2.24) is 9.97 Å². The van der Waals surface area contributed by atoms with E-state index in [1.165, 1.54) is 12.1 Å². The maximum absolute atomic E-state index is 12.8. The first-order valence-corrected chi connectivity index (χ1v) is 7.43. The summed E-state index contributed by atoms with van der Waals surface area (Å²) in [4.78, 5) is 8.56. The third kappa shape index (κ3) is 3.83. The molecule has 0 radical (unpaired) electrons. The minimum Gasteiger partial charge on any atom is -0.366 e. The molecule has 23 heavy (non-hydrogen) atoms. The van der Waals surface area contributed by atoms with Crippen molar-refractivity contribution in [3.63, 3.8) is 0 Å². The van der Waals surface area contributed by atoms with Crippen molar-refractivity contribution in [2.24, 2.45) is 0 Å². The molecule has 1 atom stereocenters. The third-order valence-electron chi connectivity index (χ3n) is 3.41. The van der Waals surface area contributed by atoms with Crippen molar-refractivity contribution in [2.75, 3.05) is 5.32 Å². The average Bonchev–Trinajstić information content (AvgIpc) is 2.57. The number of para-hydroxylation sites is 1. The Bertz CT molecular complexity index is 858. The summed E-state index contributed by atoms with van der Waals surface area (Å²) in [5.74, 6) is 6.71. The van der Waals surface area contributed by atoms with Crippen LogP contribution in [0.2, 0.25) is 0 Å². The van der Waals surface area contributed by atoms with Gasteiger partial charge in [0.15, 0.2) is 0 Å². The van der Waals surface area contributed by atoms with Gasteiger partial charge in [-0.1, -0.05) is 24.0 Å². The van der Waals surface area contributed by atoms with Crippen molar-refractivity contribution in [1.29, 1.82) is 0 Å². The van der Waals surface area contributed by atoms with Crippen molar-refractivity contribution in [3.05, 3.63) is 66.2 Å². The fourth-order valence-electron chi connectivity index (χ4n) is 2.24. The van der Waals surface area contributed by atoms with Crippen molar-refractivity contribution in [2.45, 2.75) is 19.4 Å². The van der Waals surface area contributed by atoms with Crippen LogP contribution in [0.3, 0.4) is 0 Å². The van der Waals surface area contributed by atoms with Gasteiger partial charge in [0.25, 0.3) is 0 Å². The third-order valence-corrected chi connectivity index (χ3v) is 3.41. The Morgan fingerprint density at radius 3 is 2.70 bits per heavy atom. The quantitative estimate of drug-likeness (QED) is 0.743. The molecule has 4 heteroatoms. The van der Waals surface area contributed by atoms with Gasteiger partial charge in [0.1, 0.15) is 18.0 Å². The molecule has 3 aromatic rings. The standard InChI is InChI=1S/C19H16FN3/c1-14(5-4-6-15-9-11-16(20)12-10-15)23-19-17-7-2-3-8-18(17)21-13-22-19/h2-3,7-14H,5H2,1H3,(H,21,22,23). The molecule has 3 nitrogen and oxygen atoms in total. The summed E-state index contributed by atoms with van der Waals surface area (Å²) in [6, 6.07) is 14.2. The van der Waals surface area contributed by atoms with Crippen LogP contribution in [0.4, 0.5) is 10.2 Å². The number of fused-ring (bicyclic) bond motifs is 1. The van der Waals surface area contributed by atoms with E-state index < -0.39 is 0 Å². The summed E-state index contributed by atoms with van der Waals surface area (Å²) in [6.07, 6.45) is 2.22. The largest absolute Gasteiger partial charge is 0.366 e. The fraction of sp³-hybridized carbons (Fsp3) is 0.158. The summed E-state index contributed by atoms with van der Waals surface area (Å²) in [5.41, 5.74) is 1.72. The molecule has 1 unspecified atom stereocenters. The molecule has 1 N–H and O–H groups in total. The zero-order valence-corrected chi connectivity index (χ0v) is 12.8. The summed E-state index contributed by atoms with van der Waals surface area (Å²) >= 11 is 0. The van der Waals surface area contributed by atoms with Gasteiger partial charge in [0.05, 0.1) is 5.52 Å². The smallest absolute Gasteiger partial charge is 0.137 e. The van der Waals surface area contributed by atoms with E-state index in [0.717, 1.165) is 22.3 Å². The topological polar surface area (TPSA) is 37.8 Å². The van der Waals surface area contributed by atoms with Crippen molar-refractivity contribution in [3.8, 4) is 11.8 Å². The summed E-state index contributed by atoms with van der Waals surface area (Å²) in [6.45, 7) is 2.05. The molecule has 3 rings (SSSR count). The number of rotatable bonds is 3. The number of nitrogens with zero attached hydrogens (tertiary/aromatic N) is 2. The number of aromatic nitrogens is 2. The molecule has 0 amide bonds. The van der Waals surface area contributed by atoms with Crippen LogP contribution in [0, 0.1) is 17.7 Å². The van der Waals surface area contributed by atoms with Crippen LogP contribution >= 0.6 is 0 Å². The van der Waals surface area contributed by atoms with Crippen LogP contribution in [0.15, 0.2) is 54.9 Å². The van der Waals surface area contributed by atoms with Gasteiger partial charge in [0.2, 0.25) is 0 Å². The van der Waals surface area contributed by atoms with Crippen LogP contribution in [0.1, 0.15) is 18.9 Å². The zero-order valence-electron chi connectivity index (χ0n) is 12.8. The van der Waals surface area contributed by atoms with Gasteiger partial charge >= 0.3 is 0 Å². The average molecular weight is 305 g/mol. The van der Waals surface area contributed by atoms with E-state index in [0.29, 0.717) is 6.42 Å². The van der Waals surface area contributed by atoms with E-state index >= 15 is 0 Å². The molecule has 0 saturated heterocycles. The van der Waals surface area contributed by atoms with E-state index in [1.54, 1.807) is 18.5 Å². The van der Waals surface area contributed by atoms with Crippen molar-refractivity contribution >= 4 is 16.7 Å². The first kappa shape index (κ1) is 15.0. The first-order chi connectivity index (χ1) is 11.2. The van der Waals surface area contributed by atoms with Crippen LogP contribution in [-0.4, -0.2) is 16.0 Å². The lowest BCUT2D eigenvalue weighted by Gasteiger charge is -2.13. The van der Waals surface area contributed by atoms with E-state index in [1.807, 2.05) is 24.3 Å². The van der Waals surface area contributed by atoms with Gasteiger partial charge in [-0.25, -0.2) is 14.4 Å². The molecule has 0 aliphatic heterocycles. The Kier molecular flexibility index (Phi) is 4.49. The molecule has 0 bridgehead atoms. The number of anilines is 1. The van der Waals surface area contributed by atoms with Gasteiger partial charge in [-0.3, -0.25) is 0 Å². The number of hydrogen-bond donors (Lipinski definition) is 1. The molecule has 0 aliphatic rings. The number of hydrogen-bond acceptors (Lipinski definition) is 3. The Morgan fingerprint density at radius 1 is 1.09 bits per heavy atom. The first-order valence-electron chi connectivity index (χ1n) is 7.43. The second-order valence-corrected chi connectivity index (χ2v) is 5.30. The molecule has 0 saturated carbocycles. The van der Waals surface area contributed by atoms with Crippen LogP contribution < -0.4 is 5.32 Å². The van der Waals surface area contributed by atoms with Crippen LogP contribution in [-0.2, 0) is 0 Å². The SMILES string of the molecule is CC(CC#Cc1ccc(F)cc1)Nc1ncnc2ccccc12. The number of benzene rings is 2. The minimum atomic E-state index is -0.249. The molecule has 0 spiro atoms. The molecule has 1 aromatic heterocycles. The highest BCUT2D eigenvalue weighted by atomic mass is 19.1. The van der Waals surface area contributed by atoms with Gasteiger partial charge in [0, 0.05) is 23.4 Å². The normalized spacial score (nSPS) is 11.6. The number of halogens is 1. The highest BCUT2D eigenvalue weighted by Crippen LogP contribution is 2.19. The molecular weight excluding hydrogens is 289 g/mol. The second kappa shape index (κ2) is 6.89. The molecular formula is C19H16FN3. The summed E-state index contributed by atoms with van der Waals surface area (Å²) in [5, 5.41) is 4.36. The van der Waals surface area contributed by atoms with E-state index in [2.05, 4.69) is 34.0 Å². The summed E-state index contributed by atoms with van der Waals surface area (Å²) < 4.78 is 12.8. The van der Waals surface area contributed by atoms with E-state index in [-0.39, 0.29) is 11.9 Å². The van der Waals surface area contributed by atoms with Crippen molar-refractivity contribution < 1.29 is 4.39 Å². The molecule has 0 fully saturated rings. The molecule has 0 aliphatic carbocycles. The van der Waals surface area contributed by atoms with E-state index in [4.69, 9.17) is 0 Å². The van der Waals surface area contributed by atoms with Gasteiger partial charge < -0.3 is 5.32 Å². The predicted molar refractivity (Wildman–Crippen MR) is 90.5 cm³/mol. The van der Waals surface area contributed by atoms with Gasteiger partial charge in [-0.2, -0.15) is 0 Å². The van der Waals surface area contributed by atoms with Gasteiger partial charge in [-0.05, 0) is 43.3 Å². The predicted octanol–water partition coefficient (Wildman–Crippen LogP) is 4.01. The lowest BCUT2D eigenvalue weighted by atomic mass is 10.2. The fourth-order valence-corrected chi connectivity index (χ4v) is 2.24.